The summed E-state index contributed by atoms with van der Waals surface area (Å²) in [5.74, 6) is -0.738. The van der Waals surface area contributed by atoms with Crippen LogP contribution in [0.15, 0.2) is 18.2 Å². The van der Waals surface area contributed by atoms with Crippen LogP contribution < -0.4 is 16.0 Å². The Morgan fingerprint density at radius 1 is 1.22 bits per heavy atom. The average molecular weight is 368 g/mol. The van der Waals surface area contributed by atoms with Crippen molar-refractivity contribution < 1.29 is 14.4 Å². The maximum Gasteiger partial charge on any atom is 0.255 e. The third-order valence-electron chi connectivity index (χ3n) is 6.59. The first kappa shape index (κ1) is 16.9. The monoisotopic (exact) mass is 368 g/mol. The first-order chi connectivity index (χ1) is 13.0. The lowest BCUT2D eigenvalue weighted by Crippen LogP contribution is -2.52. The predicted octanol–water partition coefficient (Wildman–Crippen LogP) is 0.432. The number of rotatable bonds is 4. The highest BCUT2D eigenvalue weighted by molar-refractivity contribution is 6.05. The van der Waals surface area contributed by atoms with Gasteiger partial charge in [-0.1, -0.05) is 12.1 Å². The van der Waals surface area contributed by atoms with E-state index < -0.39 is 6.04 Å². The molecule has 27 heavy (non-hydrogen) atoms. The van der Waals surface area contributed by atoms with E-state index in [9.17, 15) is 14.4 Å². The van der Waals surface area contributed by atoms with Gasteiger partial charge in [-0.25, -0.2) is 0 Å². The van der Waals surface area contributed by atoms with E-state index in [0.717, 1.165) is 24.2 Å². The highest BCUT2D eigenvalue weighted by atomic mass is 16.2. The van der Waals surface area contributed by atoms with Crippen LogP contribution in [0.25, 0.3) is 0 Å². The molecule has 142 valence electrons. The molecule has 0 aromatic heterocycles. The molecule has 3 N–H and O–H groups in total. The fourth-order valence-corrected chi connectivity index (χ4v) is 5.05. The molecule has 0 radical (unpaired) electrons. The zero-order chi connectivity index (χ0) is 18.6. The molecule has 4 aliphatic rings. The maximum absolute atomic E-state index is 12.7. The molecule has 5 rings (SSSR count). The molecule has 3 aliphatic heterocycles. The summed E-state index contributed by atoms with van der Waals surface area (Å²) in [6, 6.07) is 6.07. The van der Waals surface area contributed by atoms with E-state index >= 15 is 0 Å². The number of nitrogens with one attached hydrogen (secondary N) is 3. The molecule has 3 atom stereocenters. The number of carbonyl (C=O) groups is 3. The second kappa shape index (κ2) is 6.14. The fraction of sp³-hybridized carbons (Fsp3) is 0.550. The van der Waals surface area contributed by atoms with E-state index in [4.69, 9.17) is 0 Å². The summed E-state index contributed by atoms with van der Waals surface area (Å²) in [4.78, 5) is 37.8. The Hall–Kier alpha value is -2.25. The third-order valence-corrected chi connectivity index (χ3v) is 6.59. The van der Waals surface area contributed by atoms with Crippen LogP contribution in [0.4, 0.5) is 0 Å². The Morgan fingerprint density at radius 2 is 2.11 bits per heavy atom. The third kappa shape index (κ3) is 2.85. The number of benzene rings is 1. The topological polar surface area (TPSA) is 90.5 Å². The van der Waals surface area contributed by atoms with E-state index in [0.29, 0.717) is 24.6 Å². The molecule has 0 spiro atoms. The van der Waals surface area contributed by atoms with E-state index in [1.165, 1.54) is 19.3 Å². The van der Waals surface area contributed by atoms with Crippen LogP contribution in [0.1, 0.15) is 53.6 Å². The van der Waals surface area contributed by atoms with Gasteiger partial charge in [0, 0.05) is 43.2 Å². The molecule has 1 saturated carbocycles. The summed E-state index contributed by atoms with van der Waals surface area (Å²) in [6.45, 7) is 2.25. The Labute approximate surface area is 157 Å². The molecule has 3 unspecified atom stereocenters. The van der Waals surface area contributed by atoms with Crippen molar-refractivity contribution in [2.75, 3.05) is 6.54 Å². The lowest BCUT2D eigenvalue weighted by molar-refractivity contribution is -0.136. The van der Waals surface area contributed by atoms with E-state index in [2.05, 4.69) is 22.0 Å². The second-order valence-electron chi connectivity index (χ2n) is 8.35. The number of amides is 3. The van der Waals surface area contributed by atoms with Crippen molar-refractivity contribution in [1.82, 2.24) is 20.9 Å². The van der Waals surface area contributed by atoms with E-state index in [1.807, 2.05) is 12.1 Å². The Kier molecular flexibility index (Phi) is 3.84. The maximum atomic E-state index is 12.7. The van der Waals surface area contributed by atoms with Gasteiger partial charge in [0.1, 0.15) is 6.04 Å². The van der Waals surface area contributed by atoms with Crippen molar-refractivity contribution in [1.29, 1.82) is 0 Å². The SMILES string of the molecule is O=C1CCC(N2Cc3cc(CNC45CCC(C4)NC5)ccc3C2=O)C(=O)N1. The minimum absolute atomic E-state index is 0.115. The van der Waals surface area contributed by atoms with Gasteiger partial charge in [0.25, 0.3) is 5.91 Å². The van der Waals surface area contributed by atoms with Crippen LogP contribution in [0.5, 0.6) is 0 Å². The number of imide groups is 1. The van der Waals surface area contributed by atoms with Crippen LogP contribution in [0, 0.1) is 0 Å². The lowest BCUT2D eigenvalue weighted by atomic mass is 9.98. The van der Waals surface area contributed by atoms with Crippen molar-refractivity contribution in [3.8, 4) is 0 Å². The number of hydrogen-bond donors (Lipinski definition) is 3. The van der Waals surface area contributed by atoms with Crippen LogP contribution in [-0.4, -0.2) is 46.8 Å². The number of nitrogens with zero attached hydrogens (tertiary/aromatic N) is 1. The van der Waals surface area contributed by atoms with Crippen molar-refractivity contribution >= 4 is 17.7 Å². The Balaban J connectivity index is 1.29. The zero-order valence-corrected chi connectivity index (χ0v) is 15.2. The smallest absolute Gasteiger partial charge is 0.255 e. The number of fused-ring (bicyclic) bond motifs is 3. The van der Waals surface area contributed by atoms with Gasteiger partial charge in [-0.15, -0.1) is 0 Å². The van der Waals surface area contributed by atoms with Crippen LogP contribution in [-0.2, 0) is 22.7 Å². The van der Waals surface area contributed by atoms with Crippen molar-refractivity contribution in [3.63, 3.8) is 0 Å². The van der Waals surface area contributed by atoms with E-state index in [1.54, 1.807) is 4.90 Å². The van der Waals surface area contributed by atoms with Crippen molar-refractivity contribution in [2.45, 2.75) is 62.8 Å². The molecule has 7 nitrogen and oxygen atoms in total. The zero-order valence-electron chi connectivity index (χ0n) is 15.2. The van der Waals surface area contributed by atoms with Crippen LogP contribution >= 0.6 is 0 Å². The summed E-state index contributed by atoms with van der Waals surface area (Å²) >= 11 is 0. The molecular formula is C20H24N4O3. The van der Waals surface area contributed by atoms with Gasteiger partial charge in [0.15, 0.2) is 0 Å². The summed E-state index contributed by atoms with van der Waals surface area (Å²) in [6.07, 6.45) is 4.34. The largest absolute Gasteiger partial charge is 0.322 e. The van der Waals surface area contributed by atoms with E-state index in [-0.39, 0.29) is 29.7 Å². The standard InChI is InChI=1S/C20H24N4O3/c25-17-4-3-16(18(26)23-17)24-10-13-7-12(1-2-15(13)19(24)27)9-22-20-6-5-14(8-20)21-11-20/h1-2,7,14,16,21-22H,3-6,8-11H2,(H,23,25,26). The van der Waals surface area contributed by atoms with Crippen molar-refractivity contribution in [3.05, 3.63) is 34.9 Å². The van der Waals surface area contributed by atoms with Crippen LogP contribution in [0.2, 0.25) is 0 Å². The fourth-order valence-electron chi connectivity index (χ4n) is 5.05. The first-order valence-electron chi connectivity index (χ1n) is 9.78. The molecule has 3 amide bonds. The minimum Gasteiger partial charge on any atom is -0.322 e. The van der Waals surface area contributed by atoms with Gasteiger partial charge in [-0.05, 0) is 42.9 Å². The van der Waals surface area contributed by atoms with Gasteiger partial charge in [-0.2, -0.15) is 0 Å². The number of carbonyl (C=O) groups excluding carboxylic acids is 3. The molecule has 1 aromatic rings. The molecule has 1 aromatic carbocycles. The minimum atomic E-state index is -0.553. The molecule has 2 saturated heterocycles. The predicted molar refractivity (Wildman–Crippen MR) is 97.7 cm³/mol. The molecule has 1 aliphatic carbocycles. The first-order valence-corrected chi connectivity index (χ1v) is 9.78. The lowest BCUT2D eigenvalue weighted by Gasteiger charge is -2.29. The van der Waals surface area contributed by atoms with Crippen LogP contribution in [0.3, 0.4) is 0 Å². The molecule has 3 fully saturated rings. The van der Waals surface area contributed by atoms with Gasteiger partial charge in [-0.3, -0.25) is 19.7 Å². The number of piperidine rings is 2. The molecule has 2 bridgehead atoms. The summed E-state index contributed by atoms with van der Waals surface area (Å²) < 4.78 is 0. The van der Waals surface area contributed by atoms with Gasteiger partial charge < -0.3 is 15.5 Å². The Morgan fingerprint density at radius 3 is 2.81 bits per heavy atom. The molecular weight excluding hydrogens is 344 g/mol. The van der Waals surface area contributed by atoms with Gasteiger partial charge in [0.05, 0.1) is 0 Å². The highest BCUT2D eigenvalue weighted by Crippen LogP contribution is 2.35. The molecule has 7 heteroatoms. The normalized spacial score (nSPS) is 32.1. The highest BCUT2D eigenvalue weighted by Gasteiger charge is 2.44. The summed E-state index contributed by atoms with van der Waals surface area (Å²) in [7, 11) is 0. The van der Waals surface area contributed by atoms with Gasteiger partial charge >= 0.3 is 0 Å². The van der Waals surface area contributed by atoms with Gasteiger partial charge in [0.2, 0.25) is 11.8 Å². The summed E-state index contributed by atoms with van der Waals surface area (Å²) in [5.41, 5.74) is 3.02. The molecule has 3 heterocycles. The summed E-state index contributed by atoms with van der Waals surface area (Å²) in [5, 5.41) is 9.63. The Bertz CT molecular complexity index is 829. The quantitative estimate of drug-likeness (QED) is 0.671. The van der Waals surface area contributed by atoms with Crippen molar-refractivity contribution in [2.24, 2.45) is 0 Å². The average Bonchev–Trinajstić information content (AvgIpc) is 3.34. The number of hydrogen-bond acceptors (Lipinski definition) is 5. The second-order valence-corrected chi connectivity index (χ2v) is 8.35.